The summed E-state index contributed by atoms with van der Waals surface area (Å²) in [5.74, 6) is 0. The number of hydrogen-bond acceptors (Lipinski definition) is 4. The number of nitrogens with zero attached hydrogens (tertiary/aromatic N) is 2. The Labute approximate surface area is 114 Å². The van der Waals surface area contributed by atoms with E-state index in [1.165, 1.54) is 6.07 Å². The third kappa shape index (κ3) is 2.49. The third-order valence-corrected chi connectivity index (χ3v) is 4.02. The molecule has 1 atom stereocenters. The first-order chi connectivity index (χ1) is 8.45. The van der Waals surface area contributed by atoms with Gasteiger partial charge in [-0.25, -0.2) is 0 Å². The second-order valence-corrected chi connectivity index (χ2v) is 5.99. The SMILES string of the molecule is CC1(CN)CCN(c2cc(Br)ccc2[N+](=O)[O-])C1. The van der Waals surface area contributed by atoms with Crippen LogP contribution in [-0.4, -0.2) is 24.6 Å². The van der Waals surface area contributed by atoms with Gasteiger partial charge in [0.25, 0.3) is 5.69 Å². The van der Waals surface area contributed by atoms with E-state index in [9.17, 15) is 10.1 Å². The normalized spacial score (nSPS) is 23.4. The van der Waals surface area contributed by atoms with E-state index < -0.39 is 0 Å². The Kier molecular flexibility index (Phi) is 3.59. The lowest BCUT2D eigenvalue weighted by Crippen LogP contribution is -2.31. The molecule has 1 unspecified atom stereocenters. The highest BCUT2D eigenvalue weighted by molar-refractivity contribution is 9.10. The highest BCUT2D eigenvalue weighted by Gasteiger charge is 2.35. The minimum atomic E-state index is -0.333. The van der Waals surface area contributed by atoms with Crippen molar-refractivity contribution in [2.75, 3.05) is 24.5 Å². The molecule has 2 rings (SSSR count). The monoisotopic (exact) mass is 313 g/mol. The number of halogens is 1. The van der Waals surface area contributed by atoms with Gasteiger partial charge in [-0.05, 0) is 30.5 Å². The summed E-state index contributed by atoms with van der Waals surface area (Å²) in [7, 11) is 0. The summed E-state index contributed by atoms with van der Waals surface area (Å²) >= 11 is 3.36. The van der Waals surface area contributed by atoms with Crippen LogP contribution in [0.15, 0.2) is 22.7 Å². The molecular formula is C12H16BrN3O2. The number of benzene rings is 1. The van der Waals surface area contributed by atoms with Crippen molar-refractivity contribution in [2.45, 2.75) is 13.3 Å². The number of nitro groups is 1. The largest absolute Gasteiger partial charge is 0.365 e. The van der Waals surface area contributed by atoms with Crippen molar-refractivity contribution < 1.29 is 4.92 Å². The van der Waals surface area contributed by atoms with Crippen LogP contribution in [0.4, 0.5) is 11.4 Å². The Morgan fingerprint density at radius 3 is 2.89 bits per heavy atom. The molecule has 0 aliphatic carbocycles. The van der Waals surface area contributed by atoms with Crippen molar-refractivity contribution in [3.63, 3.8) is 0 Å². The average molecular weight is 314 g/mol. The smallest absolute Gasteiger partial charge is 0.292 e. The summed E-state index contributed by atoms with van der Waals surface area (Å²) in [5.41, 5.74) is 6.64. The summed E-state index contributed by atoms with van der Waals surface area (Å²) in [6.07, 6.45) is 0.965. The van der Waals surface area contributed by atoms with E-state index >= 15 is 0 Å². The quantitative estimate of drug-likeness (QED) is 0.687. The van der Waals surface area contributed by atoms with Crippen molar-refractivity contribution >= 4 is 27.3 Å². The topological polar surface area (TPSA) is 72.4 Å². The fraction of sp³-hybridized carbons (Fsp3) is 0.500. The standard InChI is InChI=1S/C12H16BrN3O2/c1-12(7-14)4-5-15(8-12)11-6-9(13)2-3-10(11)16(17)18/h2-3,6H,4-5,7-8,14H2,1H3. The van der Waals surface area contributed by atoms with E-state index in [1.54, 1.807) is 12.1 Å². The van der Waals surface area contributed by atoms with Crippen LogP contribution in [0.2, 0.25) is 0 Å². The van der Waals surface area contributed by atoms with Crippen LogP contribution >= 0.6 is 15.9 Å². The molecule has 0 bridgehead atoms. The fourth-order valence-corrected chi connectivity index (χ4v) is 2.65. The summed E-state index contributed by atoms with van der Waals surface area (Å²) < 4.78 is 0.851. The van der Waals surface area contributed by atoms with Gasteiger partial charge in [0.1, 0.15) is 5.69 Å². The lowest BCUT2D eigenvalue weighted by Gasteiger charge is -2.23. The molecule has 0 amide bonds. The minimum Gasteiger partial charge on any atom is -0.365 e. The van der Waals surface area contributed by atoms with Crippen molar-refractivity contribution in [2.24, 2.45) is 11.1 Å². The zero-order chi connectivity index (χ0) is 13.3. The molecule has 98 valence electrons. The lowest BCUT2D eigenvalue weighted by molar-refractivity contribution is -0.384. The highest BCUT2D eigenvalue weighted by atomic mass is 79.9. The predicted molar refractivity (Wildman–Crippen MR) is 74.8 cm³/mol. The first kappa shape index (κ1) is 13.3. The van der Waals surface area contributed by atoms with Gasteiger partial charge in [0.05, 0.1) is 4.92 Å². The molecule has 0 radical (unpaired) electrons. The molecule has 1 aliphatic rings. The van der Waals surface area contributed by atoms with Crippen LogP contribution in [0, 0.1) is 15.5 Å². The molecule has 0 spiro atoms. The zero-order valence-corrected chi connectivity index (χ0v) is 11.8. The van der Waals surface area contributed by atoms with Crippen LogP contribution < -0.4 is 10.6 Å². The molecule has 18 heavy (non-hydrogen) atoms. The summed E-state index contributed by atoms with van der Waals surface area (Å²) in [4.78, 5) is 12.8. The maximum absolute atomic E-state index is 11.1. The van der Waals surface area contributed by atoms with E-state index in [2.05, 4.69) is 27.8 Å². The molecule has 1 saturated heterocycles. The van der Waals surface area contributed by atoms with E-state index in [0.29, 0.717) is 12.2 Å². The van der Waals surface area contributed by atoms with Crippen molar-refractivity contribution in [1.82, 2.24) is 0 Å². The van der Waals surface area contributed by atoms with E-state index in [0.717, 1.165) is 24.0 Å². The van der Waals surface area contributed by atoms with Gasteiger partial charge in [-0.2, -0.15) is 0 Å². The third-order valence-electron chi connectivity index (χ3n) is 3.53. The van der Waals surface area contributed by atoms with Crippen LogP contribution in [0.3, 0.4) is 0 Å². The number of hydrogen-bond donors (Lipinski definition) is 1. The van der Waals surface area contributed by atoms with Crippen LogP contribution in [0.25, 0.3) is 0 Å². The number of nitrogens with two attached hydrogens (primary N) is 1. The number of anilines is 1. The molecule has 5 nitrogen and oxygen atoms in total. The van der Waals surface area contributed by atoms with Gasteiger partial charge >= 0.3 is 0 Å². The molecule has 1 aromatic carbocycles. The van der Waals surface area contributed by atoms with E-state index in [-0.39, 0.29) is 16.0 Å². The van der Waals surface area contributed by atoms with Crippen LogP contribution in [0.1, 0.15) is 13.3 Å². The Balaban J connectivity index is 2.34. The molecule has 0 aromatic heterocycles. The molecule has 0 saturated carbocycles. The van der Waals surface area contributed by atoms with Crippen molar-refractivity contribution in [3.8, 4) is 0 Å². The highest BCUT2D eigenvalue weighted by Crippen LogP contribution is 2.38. The molecule has 1 aromatic rings. The Bertz CT molecular complexity index is 480. The van der Waals surface area contributed by atoms with Gasteiger partial charge in [-0.1, -0.05) is 22.9 Å². The number of nitro benzene ring substituents is 1. The van der Waals surface area contributed by atoms with E-state index in [1.807, 2.05) is 0 Å². The summed E-state index contributed by atoms with van der Waals surface area (Å²) in [5, 5.41) is 11.1. The van der Waals surface area contributed by atoms with E-state index in [4.69, 9.17) is 5.73 Å². The Hall–Kier alpha value is -1.14. The maximum Gasteiger partial charge on any atom is 0.292 e. The van der Waals surface area contributed by atoms with Gasteiger partial charge in [0, 0.05) is 23.6 Å². The van der Waals surface area contributed by atoms with Crippen LogP contribution in [-0.2, 0) is 0 Å². The summed E-state index contributed by atoms with van der Waals surface area (Å²) in [6.45, 7) is 4.30. The van der Waals surface area contributed by atoms with Crippen molar-refractivity contribution in [1.29, 1.82) is 0 Å². The number of rotatable bonds is 3. The summed E-state index contributed by atoms with van der Waals surface area (Å²) in [6, 6.07) is 5.04. The zero-order valence-electron chi connectivity index (χ0n) is 10.2. The van der Waals surface area contributed by atoms with Crippen LogP contribution in [0.5, 0.6) is 0 Å². The second kappa shape index (κ2) is 4.85. The van der Waals surface area contributed by atoms with Gasteiger partial charge in [0.15, 0.2) is 0 Å². The molecular weight excluding hydrogens is 298 g/mol. The second-order valence-electron chi connectivity index (χ2n) is 5.08. The van der Waals surface area contributed by atoms with Crippen molar-refractivity contribution in [3.05, 3.63) is 32.8 Å². The first-order valence-corrected chi connectivity index (χ1v) is 6.63. The lowest BCUT2D eigenvalue weighted by atomic mass is 9.90. The van der Waals surface area contributed by atoms with Gasteiger partial charge in [-0.3, -0.25) is 10.1 Å². The predicted octanol–water partition coefficient (Wildman–Crippen LogP) is 2.53. The molecule has 1 aliphatic heterocycles. The van der Waals surface area contributed by atoms with Gasteiger partial charge in [0.2, 0.25) is 0 Å². The Morgan fingerprint density at radius 2 is 2.33 bits per heavy atom. The van der Waals surface area contributed by atoms with Gasteiger partial charge in [-0.15, -0.1) is 0 Å². The van der Waals surface area contributed by atoms with Gasteiger partial charge < -0.3 is 10.6 Å². The molecule has 2 N–H and O–H groups in total. The fourth-order valence-electron chi connectivity index (χ4n) is 2.30. The molecule has 1 heterocycles. The molecule has 1 fully saturated rings. The first-order valence-electron chi connectivity index (χ1n) is 5.84. The average Bonchev–Trinajstić information content (AvgIpc) is 2.72. The maximum atomic E-state index is 11.1. The molecule has 6 heteroatoms. The Morgan fingerprint density at radius 1 is 1.61 bits per heavy atom. The minimum absolute atomic E-state index is 0.0518.